The number of sulfonamides is 1. The summed E-state index contributed by atoms with van der Waals surface area (Å²) in [5.74, 6) is 0.312. The van der Waals surface area contributed by atoms with Gasteiger partial charge in [0.05, 0.1) is 18.8 Å². The molecule has 1 N–H and O–H groups in total. The second-order valence-electron chi connectivity index (χ2n) is 7.20. The van der Waals surface area contributed by atoms with E-state index < -0.39 is 16.1 Å². The second kappa shape index (κ2) is 10.3. The summed E-state index contributed by atoms with van der Waals surface area (Å²) in [6.45, 7) is 3.35. The van der Waals surface area contributed by atoms with Gasteiger partial charge in [0.25, 0.3) is 0 Å². The van der Waals surface area contributed by atoms with E-state index in [4.69, 9.17) is 16.3 Å². The van der Waals surface area contributed by atoms with Crippen molar-refractivity contribution in [1.29, 1.82) is 0 Å². The number of carbonyl (C=O) groups excluding carboxylic acids is 1. The molecule has 1 heterocycles. The summed E-state index contributed by atoms with van der Waals surface area (Å²) < 4.78 is 32.0. The third-order valence-corrected chi connectivity index (χ3v) is 7.01. The quantitative estimate of drug-likeness (QED) is 0.681. The predicted molar refractivity (Wildman–Crippen MR) is 124 cm³/mol. The molecule has 9 heteroatoms. The van der Waals surface area contributed by atoms with E-state index >= 15 is 0 Å². The number of nitrogens with zero attached hydrogens (tertiary/aromatic N) is 2. The summed E-state index contributed by atoms with van der Waals surface area (Å²) in [4.78, 5) is 14.7. The molecule has 0 radical (unpaired) electrons. The van der Waals surface area contributed by atoms with Gasteiger partial charge in [-0.05, 0) is 36.8 Å². The Labute approximate surface area is 188 Å². The Balaban J connectivity index is 1.58. The van der Waals surface area contributed by atoms with Crippen molar-refractivity contribution < 1.29 is 17.9 Å². The van der Waals surface area contributed by atoms with Gasteiger partial charge in [0.1, 0.15) is 5.75 Å². The van der Waals surface area contributed by atoms with E-state index in [9.17, 15) is 13.2 Å². The van der Waals surface area contributed by atoms with E-state index in [0.29, 0.717) is 42.6 Å². The molecule has 0 bridgehead atoms. The number of ether oxygens (including phenoxy) is 1. The van der Waals surface area contributed by atoms with Crippen LogP contribution < -0.4 is 10.1 Å². The Bertz CT molecular complexity index is 1040. The van der Waals surface area contributed by atoms with E-state index in [-0.39, 0.29) is 5.91 Å². The second-order valence-corrected chi connectivity index (χ2v) is 9.46. The van der Waals surface area contributed by atoms with Crippen LogP contribution in [0.1, 0.15) is 12.5 Å². The molecule has 2 aromatic carbocycles. The van der Waals surface area contributed by atoms with Crippen LogP contribution in [0.25, 0.3) is 6.08 Å². The summed E-state index contributed by atoms with van der Waals surface area (Å²) in [5, 5.41) is 4.57. The molecular formula is C22H26ClN3O4S. The lowest BCUT2D eigenvalue weighted by atomic mass is 10.2. The number of rotatable bonds is 7. The Morgan fingerprint density at radius 3 is 2.45 bits per heavy atom. The van der Waals surface area contributed by atoms with Crippen molar-refractivity contribution in [3.63, 3.8) is 0 Å². The van der Waals surface area contributed by atoms with Crippen LogP contribution in [0.15, 0.2) is 53.9 Å². The van der Waals surface area contributed by atoms with E-state index in [1.165, 1.54) is 16.8 Å². The molecule has 0 saturated carbocycles. The fourth-order valence-corrected chi connectivity index (χ4v) is 4.69. The molecular weight excluding hydrogens is 438 g/mol. The first-order chi connectivity index (χ1) is 14.8. The first-order valence-corrected chi connectivity index (χ1v) is 11.8. The Morgan fingerprint density at radius 2 is 1.81 bits per heavy atom. The van der Waals surface area contributed by atoms with Gasteiger partial charge in [0.2, 0.25) is 15.9 Å². The Kier molecular flexibility index (Phi) is 7.72. The number of hydrogen-bond donors (Lipinski definition) is 1. The Morgan fingerprint density at radius 1 is 1.13 bits per heavy atom. The molecule has 1 atom stereocenters. The topological polar surface area (TPSA) is 79.0 Å². The van der Waals surface area contributed by atoms with Gasteiger partial charge >= 0.3 is 0 Å². The largest absolute Gasteiger partial charge is 0.495 e. The number of benzene rings is 2. The van der Waals surface area contributed by atoms with Gasteiger partial charge in [-0.3, -0.25) is 9.69 Å². The van der Waals surface area contributed by atoms with Crippen LogP contribution in [0.2, 0.25) is 5.02 Å². The van der Waals surface area contributed by atoms with Crippen molar-refractivity contribution in [2.75, 3.05) is 38.6 Å². The van der Waals surface area contributed by atoms with Crippen molar-refractivity contribution >= 4 is 39.3 Å². The lowest BCUT2D eigenvalue weighted by Crippen LogP contribution is -2.53. The molecule has 0 aromatic heterocycles. The van der Waals surface area contributed by atoms with Crippen LogP contribution in [-0.2, 0) is 14.8 Å². The minimum absolute atomic E-state index is 0.208. The zero-order valence-electron chi connectivity index (χ0n) is 17.5. The number of methoxy groups -OCH3 is 1. The molecule has 1 fully saturated rings. The minimum atomic E-state index is -3.52. The van der Waals surface area contributed by atoms with Gasteiger partial charge < -0.3 is 10.1 Å². The Hall–Kier alpha value is -2.39. The fourth-order valence-electron chi connectivity index (χ4n) is 3.34. The van der Waals surface area contributed by atoms with Crippen LogP contribution in [0.3, 0.4) is 0 Å². The van der Waals surface area contributed by atoms with E-state index in [1.807, 2.05) is 35.2 Å². The highest BCUT2D eigenvalue weighted by Crippen LogP contribution is 2.28. The third-order valence-electron chi connectivity index (χ3n) is 5.21. The first kappa shape index (κ1) is 23.3. The molecule has 7 nitrogen and oxygen atoms in total. The monoisotopic (exact) mass is 463 g/mol. The van der Waals surface area contributed by atoms with Crippen molar-refractivity contribution in [3.05, 3.63) is 64.5 Å². The molecule has 31 heavy (non-hydrogen) atoms. The summed E-state index contributed by atoms with van der Waals surface area (Å²) in [5.41, 5.74) is 1.32. The molecule has 1 aliphatic rings. The van der Waals surface area contributed by atoms with Gasteiger partial charge in [-0.1, -0.05) is 41.9 Å². The average molecular weight is 464 g/mol. The fraction of sp³-hybridized carbons (Fsp3) is 0.318. The maximum atomic E-state index is 12.7. The van der Waals surface area contributed by atoms with Crippen LogP contribution in [-0.4, -0.2) is 62.9 Å². The lowest BCUT2D eigenvalue weighted by molar-refractivity contribution is -0.121. The average Bonchev–Trinajstić information content (AvgIpc) is 2.78. The van der Waals surface area contributed by atoms with Crippen molar-refractivity contribution in [1.82, 2.24) is 9.21 Å². The number of amides is 1. The van der Waals surface area contributed by atoms with Gasteiger partial charge in [0.15, 0.2) is 0 Å². The third kappa shape index (κ3) is 6.07. The highest BCUT2D eigenvalue weighted by Gasteiger charge is 2.30. The van der Waals surface area contributed by atoms with Gasteiger partial charge in [-0.15, -0.1) is 0 Å². The number of halogens is 1. The zero-order valence-corrected chi connectivity index (χ0v) is 19.1. The minimum Gasteiger partial charge on any atom is -0.495 e. The molecule has 2 aromatic rings. The zero-order chi connectivity index (χ0) is 22.4. The standard InChI is InChI=1S/C22H26ClN3O4S/c1-17(22(27)24-20-16-19(23)8-9-21(20)30-2)25-11-13-26(14-12-25)31(28,29)15-10-18-6-4-3-5-7-18/h3-10,15-17H,11-14H2,1-2H3,(H,24,27)/b15-10+/t17-/m0/s1. The first-order valence-electron chi connectivity index (χ1n) is 9.92. The van der Waals surface area contributed by atoms with Crippen LogP contribution in [0.5, 0.6) is 5.75 Å². The van der Waals surface area contributed by atoms with E-state index in [2.05, 4.69) is 5.32 Å². The number of anilines is 1. The molecule has 0 aliphatic carbocycles. The van der Waals surface area contributed by atoms with E-state index in [0.717, 1.165) is 5.56 Å². The maximum absolute atomic E-state index is 12.7. The number of nitrogens with one attached hydrogen (secondary N) is 1. The number of piperazine rings is 1. The van der Waals surface area contributed by atoms with Crippen molar-refractivity contribution in [3.8, 4) is 5.75 Å². The van der Waals surface area contributed by atoms with E-state index in [1.54, 1.807) is 31.2 Å². The number of hydrogen-bond acceptors (Lipinski definition) is 5. The summed E-state index contributed by atoms with van der Waals surface area (Å²) >= 11 is 6.02. The molecule has 3 rings (SSSR count). The predicted octanol–water partition coefficient (Wildman–Crippen LogP) is 3.29. The van der Waals surface area contributed by atoms with Gasteiger partial charge in [-0.25, -0.2) is 8.42 Å². The molecule has 1 saturated heterocycles. The lowest BCUT2D eigenvalue weighted by Gasteiger charge is -2.36. The highest BCUT2D eigenvalue weighted by molar-refractivity contribution is 7.92. The summed E-state index contributed by atoms with van der Waals surface area (Å²) in [6.07, 6.45) is 1.59. The molecule has 1 aliphatic heterocycles. The van der Waals surface area contributed by atoms with Crippen LogP contribution >= 0.6 is 11.6 Å². The van der Waals surface area contributed by atoms with Gasteiger partial charge in [0, 0.05) is 36.6 Å². The summed E-state index contributed by atoms with van der Waals surface area (Å²) in [7, 11) is -2.00. The molecule has 166 valence electrons. The van der Waals surface area contributed by atoms with Crippen molar-refractivity contribution in [2.24, 2.45) is 0 Å². The molecule has 0 spiro atoms. The van der Waals surface area contributed by atoms with Crippen LogP contribution in [0, 0.1) is 0 Å². The van der Waals surface area contributed by atoms with Crippen molar-refractivity contribution in [2.45, 2.75) is 13.0 Å². The summed E-state index contributed by atoms with van der Waals surface area (Å²) in [6, 6.07) is 13.9. The smallest absolute Gasteiger partial charge is 0.241 e. The maximum Gasteiger partial charge on any atom is 0.241 e. The molecule has 0 unspecified atom stereocenters. The van der Waals surface area contributed by atoms with Gasteiger partial charge in [-0.2, -0.15) is 4.31 Å². The highest BCUT2D eigenvalue weighted by atomic mass is 35.5. The SMILES string of the molecule is COc1ccc(Cl)cc1NC(=O)[C@H](C)N1CCN(S(=O)(=O)/C=C/c2ccccc2)CC1. The normalized spacial score (nSPS) is 16.9. The van der Waals surface area contributed by atoms with Crippen LogP contribution in [0.4, 0.5) is 5.69 Å². The molecule has 1 amide bonds. The number of carbonyl (C=O) groups is 1.